The molecule has 0 fully saturated rings. The summed E-state index contributed by atoms with van der Waals surface area (Å²) >= 11 is 0. The minimum atomic E-state index is -0.293. The number of hydrogen-bond donors (Lipinski definition) is 1. The zero-order valence-corrected chi connectivity index (χ0v) is 10.9. The first-order valence-electron chi connectivity index (χ1n) is 5.95. The molecule has 98 valence electrons. The van der Waals surface area contributed by atoms with Crippen LogP contribution in [0.1, 0.15) is 11.1 Å². The van der Waals surface area contributed by atoms with Crippen molar-refractivity contribution in [3.05, 3.63) is 58.0 Å². The molecule has 0 saturated carbocycles. The Kier molecular flexibility index (Phi) is 3.75. The van der Waals surface area contributed by atoms with Crippen LogP contribution in [0, 0.1) is 13.8 Å². The van der Waals surface area contributed by atoms with E-state index in [1.807, 2.05) is 32.0 Å². The van der Waals surface area contributed by atoms with Gasteiger partial charge in [-0.3, -0.25) is 9.59 Å². The molecule has 0 aliphatic carbocycles. The average Bonchev–Trinajstić information content (AvgIpc) is 2.37. The van der Waals surface area contributed by atoms with Crippen molar-refractivity contribution >= 4 is 11.6 Å². The van der Waals surface area contributed by atoms with E-state index in [2.05, 4.69) is 10.4 Å². The maximum atomic E-state index is 11.9. The topological polar surface area (TPSA) is 64.0 Å². The predicted molar refractivity (Wildman–Crippen MR) is 73.0 cm³/mol. The van der Waals surface area contributed by atoms with Crippen molar-refractivity contribution in [2.45, 2.75) is 20.4 Å². The molecule has 0 aliphatic heterocycles. The Balaban J connectivity index is 2.12. The second-order valence-corrected chi connectivity index (χ2v) is 4.39. The smallest absolute Gasteiger partial charge is 0.267 e. The monoisotopic (exact) mass is 257 g/mol. The van der Waals surface area contributed by atoms with Crippen LogP contribution in [0.4, 0.5) is 5.69 Å². The summed E-state index contributed by atoms with van der Waals surface area (Å²) < 4.78 is 1.13. The number of nitrogens with one attached hydrogen (secondary N) is 1. The number of anilines is 1. The van der Waals surface area contributed by atoms with Gasteiger partial charge in [0.1, 0.15) is 6.54 Å². The van der Waals surface area contributed by atoms with E-state index >= 15 is 0 Å². The molecule has 2 rings (SSSR count). The maximum absolute atomic E-state index is 11.9. The summed E-state index contributed by atoms with van der Waals surface area (Å²) in [7, 11) is 0. The molecule has 1 amide bonds. The fourth-order valence-corrected chi connectivity index (χ4v) is 1.70. The van der Waals surface area contributed by atoms with Crippen LogP contribution >= 0.6 is 0 Å². The van der Waals surface area contributed by atoms with Crippen LogP contribution < -0.4 is 10.9 Å². The van der Waals surface area contributed by atoms with Crippen LogP contribution in [0.2, 0.25) is 0 Å². The standard InChI is InChI=1S/C14H15N3O2/c1-10-5-6-11(2)12(8-10)16-13(18)9-17-14(19)4-3-7-15-17/h3-8H,9H2,1-2H3,(H,16,18). The van der Waals surface area contributed by atoms with Gasteiger partial charge in [-0.15, -0.1) is 0 Å². The molecule has 1 N–H and O–H groups in total. The highest BCUT2D eigenvalue weighted by molar-refractivity contribution is 5.91. The lowest BCUT2D eigenvalue weighted by Crippen LogP contribution is -2.28. The van der Waals surface area contributed by atoms with Crippen LogP contribution in [-0.4, -0.2) is 15.7 Å². The number of aromatic nitrogens is 2. The molecule has 0 aliphatic rings. The van der Waals surface area contributed by atoms with E-state index in [0.717, 1.165) is 21.5 Å². The Morgan fingerprint density at radius 2 is 2.11 bits per heavy atom. The second kappa shape index (κ2) is 5.48. The van der Waals surface area contributed by atoms with Crippen molar-refractivity contribution in [2.24, 2.45) is 0 Å². The lowest BCUT2D eigenvalue weighted by molar-refractivity contribution is -0.117. The van der Waals surface area contributed by atoms with Gasteiger partial charge in [0, 0.05) is 18.0 Å². The van der Waals surface area contributed by atoms with Crippen LogP contribution in [0.15, 0.2) is 41.3 Å². The number of rotatable bonds is 3. The molecule has 0 spiro atoms. The third kappa shape index (κ3) is 3.28. The summed E-state index contributed by atoms with van der Waals surface area (Å²) in [4.78, 5) is 23.3. The molecule has 2 aromatic rings. The quantitative estimate of drug-likeness (QED) is 0.906. The minimum absolute atomic E-state index is 0.0902. The first-order valence-corrected chi connectivity index (χ1v) is 5.95. The summed E-state index contributed by atoms with van der Waals surface area (Å²) in [6.07, 6.45) is 1.48. The zero-order chi connectivity index (χ0) is 13.8. The number of carbonyl (C=O) groups is 1. The zero-order valence-electron chi connectivity index (χ0n) is 10.9. The fourth-order valence-electron chi connectivity index (χ4n) is 1.70. The SMILES string of the molecule is Cc1ccc(C)c(NC(=O)Cn2ncccc2=O)c1. The number of amides is 1. The van der Waals surface area contributed by atoms with Crippen LogP contribution in [0.3, 0.4) is 0 Å². The second-order valence-electron chi connectivity index (χ2n) is 4.39. The van der Waals surface area contributed by atoms with E-state index in [9.17, 15) is 9.59 Å². The maximum Gasteiger partial charge on any atom is 0.267 e. The number of nitrogens with zero attached hydrogens (tertiary/aromatic N) is 2. The Bertz CT molecular complexity index is 662. The van der Waals surface area contributed by atoms with Crippen LogP contribution in [-0.2, 0) is 11.3 Å². The summed E-state index contributed by atoms with van der Waals surface area (Å²) in [6, 6.07) is 8.74. The molecule has 1 aromatic heterocycles. The molecule has 1 aromatic carbocycles. The van der Waals surface area contributed by atoms with Crippen molar-refractivity contribution in [3.63, 3.8) is 0 Å². The molecule has 1 heterocycles. The fraction of sp³-hybridized carbons (Fsp3) is 0.214. The van der Waals surface area contributed by atoms with E-state index in [1.54, 1.807) is 6.07 Å². The van der Waals surface area contributed by atoms with E-state index in [1.165, 1.54) is 12.3 Å². The molecule has 0 saturated heterocycles. The number of benzene rings is 1. The van der Waals surface area contributed by atoms with Gasteiger partial charge in [-0.1, -0.05) is 12.1 Å². The van der Waals surface area contributed by atoms with Crippen molar-refractivity contribution in [2.75, 3.05) is 5.32 Å². The van der Waals surface area contributed by atoms with Gasteiger partial charge in [-0.2, -0.15) is 5.10 Å². The number of hydrogen-bond acceptors (Lipinski definition) is 3. The molecule has 0 radical (unpaired) electrons. The van der Waals surface area contributed by atoms with Gasteiger partial charge in [-0.25, -0.2) is 4.68 Å². The van der Waals surface area contributed by atoms with Gasteiger partial charge < -0.3 is 5.32 Å². The summed E-state index contributed by atoms with van der Waals surface area (Å²) in [5.74, 6) is -0.269. The molecular weight excluding hydrogens is 242 g/mol. The molecule has 5 heteroatoms. The number of carbonyl (C=O) groups excluding carboxylic acids is 1. The van der Waals surface area contributed by atoms with E-state index < -0.39 is 0 Å². The molecule has 0 bridgehead atoms. The van der Waals surface area contributed by atoms with Crippen molar-refractivity contribution in [3.8, 4) is 0 Å². The number of aryl methyl sites for hydroxylation is 2. The van der Waals surface area contributed by atoms with E-state index in [0.29, 0.717) is 0 Å². The highest BCUT2D eigenvalue weighted by Gasteiger charge is 2.07. The van der Waals surface area contributed by atoms with Gasteiger partial charge in [0.15, 0.2) is 0 Å². The van der Waals surface area contributed by atoms with Gasteiger partial charge >= 0.3 is 0 Å². The van der Waals surface area contributed by atoms with E-state index in [4.69, 9.17) is 0 Å². The third-order valence-corrected chi connectivity index (χ3v) is 2.75. The largest absolute Gasteiger partial charge is 0.324 e. The highest BCUT2D eigenvalue weighted by Crippen LogP contribution is 2.16. The first kappa shape index (κ1) is 13.0. The van der Waals surface area contributed by atoms with Gasteiger partial charge in [0.05, 0.1) is 0 Å². The molecule has 0 atom stereocenters. The minimum Gasteiger partial charge on any atom is -0.324 e. The molecule has 0 unspecified atom stereocenters. The Morgan fingerprint density at radius 3 is 2.84 bits per heavy atom. The Labute approximate surface area is 110 Å². The predicted octanol–water partition coefficient (Wildman–Crippen LogP) is 1.50. The molecule has 19 heavy (non-hydrogen) atoms. The summed E-state index contributed by atoms with van der Waals surface area (Å²) in [5, 5.41) is 6.63. The Morgan fingerprint density at radius 1 is 1.32 bits per heavy atom. The molecular formula is C14H15N3O2. The highest BCUT2D eigenvalue weighted by atomic mass is 16.2. The van der Waals surface area contributed by atoms with E-state index in [-0.39, 0.29) is 18.0 Å². The van der Waals surface area contributed by atoms with Crippen LogP contribution in [0.5, 0.6) is 0 Å². The summed E-state index contributed by atoms with van der Waals surface area (Å²) in [6.45, 7) is 3.79. The average molecular weight is 257 g/mol. The van der Waals surface area contributed by atoms with Crippen LogP contribution in [0.25, 0.3) is 0 Å². The van der Waals surface area contributed by atoms with Gasteiger partial charge in [0.25, 0.3) is 5.56 Å². The van der Waals surface area contributed by atoms with Crippen molar-refractivity contribution < 1.29 is 4.79 Å². The lowest BCUT2D eigenvalue weighted by Gasteiger charge is -2.09. The van der Waals surface area contributed by atoms with Gasteiger partial charge in [-0.05, 0) is 37.1 Å². The van der Waals surface area contributed by atoms with Crippen molar-refractivity contribution in [1.29, 1.82) is 0 Å². The summed E-state index contributed by atoms with van der Waals surface area (Å²) in [5.41, 5.74) is 2.51. The van der Waals surface area contributed by atoms with Gasteiger partial charge in [0.2, 0.25) is 5.91 Å². The normalized spacial score (nSPS) is 10.2. The first-order chi connectivity index (χ1) is 9.06. The van der Waals surface area contributed by atoms with Crippen molar-refractivity contribution in [1.82, 2.24) is 9.78 Å². The third-order valence-electron chi connectivity index (χ3n) is 2.75. The lowest BCUT2D eigenvalue weighted by atomic mass is 10.1. The Hall–Kier alpha value is -2.43. The molecule has 5 nitrogen and oxygen atoms in total.